The molecule has 0 spiro atoms. The van der Waals surface area contributed by atoms with Gasteiger partial charge in [0.1, 0.15) is 0 Å². The summed E-state index contributed by atoms with van der Waals surface area (Å²) in [6, 6.07) is 9.81. The van der Waals surface area contributed by atoms with E-state index in [0.29, 0.717) is 6.54 Å². The van der Waals surface area contributed by atoms with E-state index in [1.54, 1.807) is 6.20 Å². The third-order valence-corrected chi connectivity index (χ3v) is 3.94. The minimum Gasteiger partial charge on any atom is -0.307 e. The Balaban J connectivity index is 1.95. The Hall–Kier alpha value is -0.420. The molecule has 2 aromatic rings. The van der Waals surface area contributed by atoms with Crippen molar-refractivity contribution < 1.29 is 0 Å². The van der Waals surface area contributed by atoms with Gasteiger partial charge in [-0.25, -0.2) is 0 Å². The first-order valence-corrected chi connectivity index (χ1v) is 7.37. The SMILES string of the molecule is Clc1ccccc1CNCc1ncc(Br)cc1Br. The van der Waals surface area contributed by atoms with Gasteiger partial charge in [-0.1, -0.05) is 29.8 Å². The highest BCUT2D eigenvalue weighted by Crippen LogP contribution is 2.20. The number of pyridine rings is 1. The summed E-state index contributed by atoms with van der Waals surface area (Å²) >= 11 is 13.0. The molecule has 1 aromatic heterocycles. The lowest BCUT2D eigenvalue weighted by molar-refractivity contribution is 0.677. The fourth-order valence-corrected chi connectivity index (χ4v) is 2.86. The molecule has 0 aliphatic heterocycles. The molecule has 5 heteroatoms. The predicted molar refractivity (Wildman–Crippen MR) is 81.6 cm³/mol. The van der Waals surface area contributed by atoms with E-state index in [2.05, 4.69) is 42.2 Å². The number of nitrogens with zero attached hydrogens (tertiary/aromatic N) is 1. The first-order chi connectivity index (χ1) is 8.66. The number of benzene rings is 1. The second-order valence-electron chi connectivity index (χ2n) is 3.78. The van der Waals surface area contributed by atoms with E-state index in [-0.39, 0.29) is 0 Å². The molecule has 94 valence electrons. The third-order valence-electron chi connectivity index (χ3n) is 2.45. The van der Waals surface area contributed by atoms with Gasteiger partial charge in [-0.2, -0.15) is 0 Å². The van der Waals surface area contributed by atoms with Gasteiger partial charge in [-0.3, -0.25) is 4.98 Å². The predicted octanol–water partition coefficient (Wildman–Crippen LogP) is 4.55. The molecule has 0 bridgehead atoms. The summed E-state index contributed by atoms with van der Waals surface area (Å²) in [4.78, 5) is 4.34. The van der Waals surface area contributed by atoms with Crippen LogP contribution in [0.5, 0.6) is 0 Å². The zero-order valence-electron chi connectivity index (χ0n) is 9.46. The first-order valence-electron chi connectivity index (χ1n) is 5.41. The number of hydrogen-bond acceptors (Lipinski definition) is 2. The molecule has 2 rings (SSSR count). The zero-order valence-corrected chi connectivity index (χ0v) is 13.4. The highest BCUT2D eigenvalue weighted by atomic mass is 79.9. The van der Waals surface area contributed by atoms with Gasteiger partial charge in [0.25, 0.3) is 0 Å². The topological polar surface area (TPSA) is 24.9 Å². The maximum atomic E-state index is 6.09. The number of nitrogens with one attached hydrogen (secondary N) is 1. The van der Waals surface area contributed by atoms with E-state index in [9.17, 15) is 0 Å². The average Bonchev–Trinajstić information content (AvgIpc) is 2.34. The van der Waals surface area contributed by atoms with E-state index >= 15 is 0 Å². The van der Waals surface area contributed by atoms with Gasteiger partial charge in [-0.05, 0) is 49.6 Å². The van der Waals surface area contributed by atoms with Gasteiger partial charge in [0.2, 0.25) is 0 Å². The Bertz CT molecular complexity index is 546. The molecule has 0 saturated heterocycles. The molecule has 0 amide bonds. The van der Waals surface area contributed by atoms with Crippen molar-refractivity contribution >= 4 is 43.5 Å². The average molecular weight is 391 g/mol. The smallest absolute Gasteiger partial charge is 0.0684 e. The Kier molecular flexibility index (Phi) is 5.18. The Labute approximate surface area is 128 Å². The van der Waals surface area contributed by atoms with Crippen LogP contribution in [0.3, 0.4) is 0 Å². The number of rotatable bonds is 4. The molecule has 0 fully saturated rings. The molecule has 18 heavy (non-hydrogen) atoms. The molecule has 0 radical (unpaired) electrons. The summed E-state index contributed by atoms with van der Waals surface area (Å²) < 4.78 is 1.95. The minimum atomic E-state index is 0.694. The molecule has 0 aliphatic carbocycles. The van der Waals surface area contributed by atoms with Crippen molar-refractivity contribution in [3.8, 4) is 0 Å². The van der Waals surface area contributed by atoms with Gasteiger partial charge in [0.05, 0.1) is 5.69 Å². The largest absolute Gasteiger partial charge is 0.307 e. The van der Waals surface area contributed by atoms with Crippen molar-refractivity contribution in [1.29, 1.82) is 0 Å². The fraction of sp³-hybridized carbons (Fsp3) is 0.154. The van der Waals surface area contributed by atoms with Gasteiger partial charge in [-0.15, -0.1) is 0 Å². The van der Waals surface area contributed by atoms with Crippen LogP contribution in [0, 0.1) is 0 Å². The lowest BCUT2D eigenvalue weighted by atomic mass is 10.2. The maximum absolute atomic E-state index is 6.09. The second kappa shape index (κ2) is 6.66. The Morgan fingerprint density at radius 3 is 2.67 bits per heavy atom. The van der Waals surface area contributed by atoms with Crippen molar-refractivity contribution in [3.05, 3.63) is 61.8 Å². The molecule has 1 N–H and O–H groups in total. The first kappa shape index (κ1) is 14.0. The van der Waals surface area contributed by atoms with Gasteiger partial charge < -0.3 is 5.32 Å². The molecule has 0 saturated carbocycles. The van der Waals surface area contributed by atoms with Crippen LogP contribution >= 0.6 is 43.5 Å². The van der Waals surface area contributed by atoms with E-state index in [1.807, 2.05) is 30.3 Å². The van der Waals surface area contributed by atoms with E-state index in [1.165, 1.54) is 0 Å². The van der Waals surface area contributed by atoms with Gasteiger partial charge in [0, 0.05) is 33.3 Å². The summed E-state index contributed by atoms with van der Waals surface area (Å²) in [5.74, 6) is 0. The molecular formula is C13H11Br2ClN2. The normalized spacial score (nSPS) is 10.6. The molecular weight excluding hydrogens is 379 g/mol. The quantitative estimate of drug-likeness (QED) is 0.828. The van der Waals surface area contributed by atoms with Crippen LogP contribution in [0.2, 0.25) is 5.02 Å². The molecule has 1 aromatic carbocycles. The second-order valence-corrected chi connectivity index (χ2v) is 5.95. The Morgan fingerprint density at radius 2 is 1.94 bits per heavy atom. The van der Waals surface area contributed by atoms with E-state index < -0.39 is 0 Å². The standard InChI is InChI=1S/C13H11Br2ClN2/c14-10-5-11(15)13(18-7-10)8-17-6-9-3-1-2-4-12(9)16/h1-5,7,17H,6,8H2. The maximum Gasteiger partial charge on any atom is 0.0684 e. The molecule has 0 unspecified atom stereocenters. The van der Waals surface area contributed by atoms with Gasteiger partial charge in [0.15, 0.2) is 0 Å². The molecule has 2 nitrogen and oxygen atoms in total. The number of aromatic nitrogens is 1. The Morgan fingerprint density at radius 1 is 1.17 bits per heavy atom. The van der Waals surface area contributed by atoms with Crippen molar-refractivity contribution in [3.63, 3.8) is 0 Å². The molecule has 1 heterocycles. The van der Waals surface area contributed by atoms with Crippen LogP contribution in [0.15, 0.2) is 45.5 Å². The van der Waals surface area contributed by atoms with Crippen LogP contribution in [-0.4, -0.2) is 4.98 Å². The highest BCUT2D eigenvalue weighted by Gasteiger charge is 2.03. The zero-order chi connectivity index (χ0) is 13.0. The van der Waals surface area contributed by atoms with Gasteiger partial charge >= 0.3 is 0 Å². The highest BCUT2D eigenvalue weighted by molar-refractivity contribution is 9.11. The molecule has 0 atom stereocenters. The van der Waals surface area contributed by atoms with Crippen molar-refractivity contribution in [2.75, 3.05) is 0 Å². The van der Waals surface area contributed by atoms with Crippen molar-refractivity contribution in [2.24, 2.45) is 0 Å². The van der Waals surface area contributed by atoms with Crippen molar-refractivity contribution in [1.82, 2.24) is 10.3 Å². The van der Waals surface area contributed by atoms with Crippen LogP contribution in [0.1, 0.15) is 11.3 Å². The lowest BCUT2D eigenvalue weighted by Gasteiger charge is -2.07. The number of hydrogen-bond donors (Lipinski definition) is 1. The summed E-state index contributed by atoms with van der Waals surface area (Å²) in [6.07, 6.45) is 1.79. The van der Waals surface area contributed by atoms with Crippen LogP contribution in [0.4, 0.5) is 0 Å². The van der Waals surface area contributed by atoms with Crippen LogP contribution in [-0.2, 0) is 13.1 Å². The summed E-state index contributed by atoms with van der Waals surface area (Å²) in [6.45, 7) is 1.42. The van der Waals surface area contributed by atoms with Crippen molar-refractivity contribution in [2.45, 2.75) is 13.1 Å². The van der Waals surface area contributed by atoms with Crippen LogP contribution < -0.4 is 5.32 Å². The van der Waals surface area contributed by atoms with Crippen LogP contribution in [0.25, 0.3) is 0 Å². The van der Waals surface area contributed by atoms with E-state index in [0.717, 1.165) is 31.8 Å². The monoisotopic (exact) mass is 388 g/mol. The van der Waals surface area contributed by atoms with E-state index in [4.69, 9.17) is 11.6 Å². The lowest BCUT2D eigenvalue weighted by Crippen LogP contribution is -2.14. The summed E-state index contributed by atoms with van der Waals surface area (Å²) in [5, 5.41) is 4.11. The summed E-state index contributed by atoms with van der Waals surface area (Å²) in [5.41, 5.74) is 2.07. The fourth-order valence-electron chi connectivity index (χ4n) is 1.53. The minimum absolute atomic E-state index is 0.694. The molecule has 0 aliphatic rings. The number of halogens is 3. The third kappa shape index (κ3) is 3.79. The summed E-state index contributed by atoms with van der Waals surface area (Å²) in [7, 11) is 0.